The van der Waals surface area contributed by atoms with Crippen LogP contribution in [0.1, 0.15) is 40.0 Å². The average molecular weight is 329 g/mol. The van der Waals surface area contributed by atoms with E-state index < -0.39 is 5.72 Å². The molecule has 0 aliphatic carbocycles. The predicted molar refractivity (Wildman–Crippen MR) is 96.9 cm³/mol. The zero-order valence-electron chi connectivity index (χ0n) is 14.0. The van der Waals surface area contributed by atoms with Crippen molar-refractivity contribution in [2.75, 3.05) is 0 Å². The second-order valence-corrected chi connectivity index (χ2v) is 6.35. The van der Waals surface area contributed by atoms with Gasteiger partial charge < -0.3 is 5.11 Å². The van der Waals surface area contributed by atoms with Crippen molar-refractivity contribution in [1.29, 1.82) is 0 Å². The molecule has 0 bridgehead atoms. The number of hydrogen-bond acceptors (Lipinski definition) is 2. The first-order valence-electron chi connectivity index (χ1n) is 8.40. The number of aliphatic hydroxyl groups is 1. The van der Waals surface area contributed by atoms with E-state index in [-0.39, 0.29) is 11.9 Å². The quantitative estimate of drug-likeness (QED) is 0.786. The summed E-state index contributed by atoms with van der Waals surface area (Å²) in [6.45, 7) is 1.95. The van der Waals surface area contributed by atoms with Crippen LogP contribution in [0.25, 0.3) is 0 Å². The molecule has 4 rings (SSSR count). The highest BCUT2D eigenvalue weighted by molar-refractivity contribution is 6.00. The predicted octanol–water partition coefficient (Wildman–Crippen LogP) is 4.10. The molecule has 1 aliphatic rings. The first-order valence-corrected chi connectivity index (χ1v) is 8.40. The number of fused-ring (bicyclic) bond motifs is 1. The zero-order chi connectivity index (χ0) is 17.4. The molecule has 124 valence electrons. The lowest BCUT2D eigenvalue weighted by Gasteiger charge is -2.39. The van der Waals surface area contributed by atoms with Gasteiger partial charge in [0.1, 0.15) is 0 Å². The Balaban J connectivity index is 1.92. The van der Waals surface area contributed by atoms with E-state index >= 15 is 0 Å². The lowest BCUT2D eigenvalue weighted by molar-refractivity contribution is -0.0677. The minimum Gasteiger partial charge on any atom is -0.363 e. The van der Waals surface area contributed by atoms with Crippen molar-refractivity contribution in [3.8, 4) is 0 Å². The van der Waals surface area contributed by atoms with Gasteiger partial charge in [-0.1, -0.05) is 78.9 Å². The van der Waals surface area contributed by atoms with Crippen molar-refractivity contribution in [1.82, 2.24) is 4.90 Å². The minimum absolute atomic E-state index is 0.154. The second-order valence-electron chi connectivity index (χ2n) is 6.35. The van der Waals surface area contributed by atoms with Gasteiger partial charge in [-0.15, -0.1) is 0 Å². The molecule has 3 aromatic rings. The maximum Gasteiger partial charge on any atom is 0.257 e. The second kappa shape index (κ2) is 5.87. The molecule has 1 aliphatic heterocycles. The fraction of sp³-hybridized carbons (Fsp3) is 0.136. The Kier molecular flexibility index (Phi) is 3.66. The molecule has 0 spiro atoms. The fourth-order valence-electron chi connectivity index (χ4n) is 3.68. The van der Waals surface area contributed by atoms with Crippen LogP contribution in [0.5, 0.6) is 0 Å². The highest BCUT2D eigenvalue weighted by Crippen LogP contribution is 2.46. The Morgan fingerprint density at radius 2 is 1.40 bits per heavy atom. The summed E-state index contributed by atoms with van der Waals surface area (Å²) in [5, 5.41) is 11.8. The van der Waals surface area contributed by atoms with E-state index in [2.05, 4.69) is 0 Å². The smallest absolute Gasteiger partial charge is 0.257 e. The Morgan fingerprint density at radius 3 is 2.08 bits per heavy atom. The Bertz CT molecular complexity index is 908. The van der Waals surface area contributed by atoms with Crippen molar-refractivity contribution in [2.45, 2.75) is 18.7 Å². The molecule has 0 saturated heterocycles. The van der Waals surface area contributed by atoms with Crippen LogP contribution in [0.15, 0.2) is 84.9 Å². The zero-order valence-corrected chi connectivity index (χ0v) is 14.0. The lowest BCUT2D eigenvalue weighted by atomic mass is 9.92. The van der Waals surface area contributed by atoms with E-state index in [1.807, 2.05) is 85.8 Å². The number of nitrogens with zero attached hydrogens (tertiary/aromatic N) is 1. The molecule has 2 unspecified atom stereocenters. The van der Waals surface area contributed by atoms with E-state index in [0.29, 0.717) is 16.7 Å². The number of amides is 1. The van der Waals surface area contributed by atoms with Crippen LogP contribution in [-0.4, -0.2) is 15.9 Å². The summed E-state index contributed by atoms with van der Waals surface area (Å²) in [6.07, 6.45) is 0. The molecule has 3 heteroatoms. The maximum absolute atomic E-state index is 13.2. The standard InChI is InChI=1S/C22H19NO2/c1-16(17-10-4-2-5-11-17)23-21(24)19-14-8-9-15-20(19)22(23,25)18-12-6-3-7-13-18/h2-16,25H,1H3. The van der Waals surface area contributed by atoms with Crippen molar-refractivity contribution in [2.24, 2.45) is 0 Å². The number of benzene rings is 3. The lowest BCUT2D eigenvalue weighted by Crippen LogP contribution is -2.46. The van der Waals surface area contributed by atoms with Gasteiger partial charge in [0, 0.05) is 16.7 Å². The molecule has 0 saturated carbocycles. The van der Waals surface area contributed by atoms with Crippen LogP contribution in [-0.2, 0) is 5.72 Å². The van der Waals surface area contributed by atoms with E-state index in [9.17, 15) is 9.90 Å². The van der Waals surface area contributed by atoms with E-state index in [1.54, 1.807) is 11.0 Å². The third-order valence-electron chi connectivity index (χ3n) is 4.95. The van der Waals surface area contributed by atoms with Gasteiger partial charge in [0.15, 0.2) is 5.72 Å². The summed E-state index contributed by atoms with van der Waals surface area (Å²) in [6, 6.07) is 26.2. The van der Waals surface area contributed by atoms with Crippen molar-refractivity contribution in [3.63, 3.8) is 0 Å². The van der Waals surface area contributed by atoms with E-state index in [4.69, 9.17) is 0 Å². The molecule has 0 radical (unpaired) electrons. The summed E-state index contributed by atoms with van der Waals surface area (Å²) >= 11 is 0. The minimum atomic E-state index is -1.48. The number of rotatable bonds is 3. The van der Waals surface area contributed by atoms with Crippen molar-refractivity contribution in [3.05, 3.63) is 107 Å². The Hall–Kier alpha value is -2.91. The average Bonchev–Trinajstić information content (AvgIpc) is 2.91. The number of hydrogen-bond donors (Lipinski definition) is 1. The van der Waals surface area contributed by atoms with Crippen LogP contribution in [0.2, 0.25) is 0 Å². The normalized spacial score (nSPS) is 20.4. The molecule has 1 amide bonds. The van der Waals surface area contributed by atoms with Gasteiger partial charge in [-0.25, -0.2) is 0 Å². The largest absolute Gasteiger partial charge is 0.363 e. The SMILES string of the molecule is CC(c1ccccc1)N1C(=O)c2ccccc2C1(O)c1ccccc1. The first kappa shape index (κ1) is 15.6. The maximum atomic E-state index is 13.2. The van der Waals surface area contributed by atoms with Gasteiger partial charge in [0.25, 0.3) is 5.91 Å². The van der Waals surface area contributed by atoms with Crippen LogP contribution in [0.3, 0.4) is 0 Å². The van der Waals surface area contributed by atoms with Gasteiger partial charge in [-0.05, 0) is 18.6 Å². The molecule has 0 fully saturated rings. The van der Waals surface area contributed by atoms with Gasteiger partial charge in [0.05, 0.1) is 6.04 Å². The molecule has 3 aromatic carbocycles. The summed E-state index contributed by atoms with van der Waals surface area (Å²) in [4.78, 5) is 14.8. The third kappa shape index (κ3) is 2.28. The first-order chi connectivity index (χ1) is 12.1. The molecule has 2 atom stereocenters. The highest BCUT2D eigenvalue weighted by atomic mass is 16.3. The molecule has 25 heavy (non-hydrogen) atoms. The molecule has 3 nitrogen and oxygen atoms in total. The number of carbonyl (C=O) groups excluding carboxylic acids is 1. The van der Waals surface area contributed by atoms with E-state index in [1.165, 1.54) is 0 Å². The van der Waals surface area contributed by atoms with Gasteiger partial charge in [0.2, 0.25) is 0 Å². The summed E-state index contributed by atoms with van der Waals surface area (Å²) in [5.74, 6) is -0.154. The molecule has 1 heterocycles. The molecular weight excluding hydrogens is 310 g/mol. The van der Waals surface area contributed by atoms with Crippen LogP contribution in [0.4, 0.5) is 0 Å². The summed E-state index contributed by atoms with van der Waals surface area (Å²) in [7, 11) is 0. The third-order valence-corrected chi connectivity index (χ3v) is 4.95. The van der Waals surface area contributed by atoms with Gasteiger partial charge in [-0.3, -0.25) is 9.69 Å². The van der Waals surface area contributed by atoms with Crippen LogP contribution < -0.4 is 0 Å². The Morgan fingerprint density at radius 1 is 0.840 bits per heavy atom. The molecule has 1 N–H and O–H groups in total. The van der Waals surface area contributed by atoms with Gasteiger partial charge in [-0.2, -0.15) is 0 Å². The Labute approximate surface area is 147 Å². The molecule has 0 aromatic heterocycles. The van der Waals surface area contributed by atoms with Crippen LogP contribution in [0, 0.1) is 0 Å². The van der Waals surface area contributed by atoms with E-state index in [0.717, 1.165) is 5.56 Å². The molecular formula is C22H19NO2. The fourth-order valence-corrected chi connectivity index (χ4v) is 3.68. The van der Waals surface area contributed by atoms with Crippen molar-refractivity contribution >= 4 is 5.91 Å². The summed E-state index contributed by atoms with van der Waals surface area (Å²) in [5.41, 5.74) is 1.38. The van der Waals surface area contributed by atoms with Crippen molar-refractivity contribution < 1.29 is 9.90 Å². The highest BCUT2D eigenvalue weighted by Gasteiger charge is 2.51. The summed E-state index contributed by atoms with van der Waals surface area (Å²) < 4.78 is 0. The van der Waals surface area contributed by atoms with Gasteiger partial charge >= 0.3 is 0 Å². The topological polar surface area (TPSA) is 40.5 Å². The monoisotopic (exact) mass is 329 g/mol. The van der Waals surface area contributed by atoms with Crippen LogP contribution >= 0.6 is 0 Å². The number of carbonyl (C=O) groups is 1.